The highest BCUT2D eigenvalue weighted by Gasteiger charge is 2.32. The van der Waals surface area contributed by atoms with E-state index >= 15 is 0 Å². The second-order valence-electron chi connectivity index (χ2n) is 4.24. The molecule has 1 heterocycles. The van der Waals surface area contributed by atoms with E-state index in [0.717, 1.165) is 4.31 Å². The largest absolute Gasteiger partial charge is 0.481 e. The van der Waals surface area contributed by atoms with E-state index in [2.05, 4.69) is 4.72 Å². The minimum Gasteiger partial charge on any atom is -0.481 e. The molecule has 2 atom stereocenters. The van der Waals surface area contributed by atoms with Crippen LogP contribution < -0.4 is 4.72 Å². The molecular formula is C9H18N2O5S. The second kappa shape index (κ2) is 5.76. The number of carbonyl (C=O) groups is 1. The van der Waals surface area contributed by atoms with Gasteiger partial charge in [0.25, 0.3) is 10.2 Å². The topological polar surface area (TPSA) is 107 Å². The van der Waals surface area contributed by atoms with Crippen LogP contribution in [-0.4, -0.2) is 54.6 Å². The van der Waals surface area contributed by atoms with Crippen molar-refractivity contribution in [3.05, 3.63) is 0 Å². The van der Waals surface area contributed by atoms with Crippen LogP contribution >= 0.6 is 0 Å². The molecule has 1 fully saturated rings. The van der Waals surface area contributed by atoms with Gasteiger partial charge in [0, 0.05) is 19.6 Å². The van der Waals surface area contributed by atoms with Gasteiger partial charge in [-0.25, -0.2) is 0 Å². The molecule has 1 aliphatic rings. The predicted molar refractivity (Wildman–Crippen MR) is 60.5 cm³/mol. The second-order valence-corrected chi connectivity index (χ2v) is 5.99. The Morgan fingerprint density at radius 3 is 2.76 bits per heavy atom. The molecule has 100 valence electrons. The zero-order valence-electron chi connectivity index (χ0n) is 9.66. The number of aliphatic hydroxyl groups excluding tert-OH is 1. The van der Waals surface area contributed by atoms with Gasteiger partial charge >= 0.3 is 5.97 Å². The van der Waals surface area contributed by atoms with Crippen molar-refractivity contribution >= 4 is 16.2 Å². The van der Waals surface area contributed by atoms with Gasteiger partial charge < -0.3 is 10.2 Å². The van der Waals surface area contributed by atoms with E-state index < -0.39 is 28.2 Å². The molecule has 8 heteroatoms. The van der Waals surface area contributed by atoms with Gasteiger partial charge in [0.2, 0.25) is 0 Å². The molecule has 7 nitrogen and oxygen atoms in total. The Hall–Kier alpha value is -0.700. The molecule has 0 radical (unpaired) electrons. The highest BCUT2D eigenvalue weighted by Crippen LogP contribution is 2.18. The van der Waals surface area contributed by atoms with Gasteiger partial charge in [-0.2, -0.15) is 17.4 Å². The molecule has 0 aromatic heterocycles. The third-order valence-electron chi connectivity index (χ3n) is 2.63. The molecule has 0 aliphatic carbocycles. The van der Waals surface area contributed by atoms with E-state index in [1.807, 2.05) is 0 Å². The van der Waals surface area contributed by atoms with Crippen LogP contribution in [0.4, 0.5) is 0 Å². The van der Waals surface area contributed by atoms with Gasteiger partial charge in [0.05, 0.1) is 12.0 Å². The van der Waals surface area contributed by atoms with Crippen LogP contribution in [-0.2, 0) is 15.0 Å². The van der Waals surface area contributed by atoms with Crippen LogP contribution in [0.15, 0.2) is 0 Å². The number of nitrogens with zero attached hydrogens (tertiary/aromatic N) is 1. The van der Waals surface area contributed by atoms with Crippen LogP contribution in [0.25, 0.3) is 0 Å². The minimum absolute atomic E-state index is 0.00945. The number of aliphatic hydroxyl groups is 1. The van der Waals surface area contributed by atoms with Crippen LogP contribution in [0.1, 0.15) is 19.8 Å². The standard InChI is InChI=1S/C9H18N2O5S/c1-7(12)5-10-17(15,16)11-4-2-3-8(6-11)9(13)14/h7-8,10,12H,2-6H2,1H3,(H,13,14)/t7-,8?/m1/s1. The molecule has 1 rings (SSSR count). The number of carboxylic acid groups (broad SMARTS) is 1. The molecule has 0 bridgehead atoms. The van der Waals surface area contributed by atoms with Crippen LogP contribution in [0.3, 0.4) is 0 Å². The molecule has 17 heavy (non-hydrogen) atoms. The van der Waals surface area contributed by atoms with Gasteiger partial charge in [-0.15, -0.1) is 0 Å². The third-order valence-corrected chi connectivity index (χ3v) is 4.18. The van der Waals surface area contributed by atoms with E-state index in [0.29, 0.717) is 19.4 Å². The van der Waals surface area contributed by atoms with Crippen molar-refractivity contribution in [2.75, 3.05) is 19.6 Å². The van der Waals surface area contributed by atoms with Gasteiger partial charge in [-0.3, -0.25) is 4.79 Å². The Labute approximate surface area is 101 Å². The number of hydrogen-bond donors (Lipinski definition) is 3. The summed E-state index contributed by atoms with van der Waals surface area (Å²) in [5, 5.41) is 17.9. The van der Waals surface area contributed by atoms with Crippen molar-refractivity contribution < 1.29 is 23.4 Å². The van der Waals surface area contributed by atoms with Crippen molar-refractivity contribution in [2.24, 2.45) is 5.92 Å². The number of nitrogens with one attached hydrogen (secondary N) is 1. The van der Waals surface area contributed by atoms with Gasteiger partial charge in [0.15, 0.2) is 0 Å². The number of piperidine rings is 1. The first kappa shape index (κ1) is 14.4. The summed E-state index contributed by atoms with van der Waals surface area (Å²) < 4.78 is 26.9. The van der Waals surface area contributed by atoms with E-state index in [1.54, 1.807) is 0 Å². The molecular weight excluding hydrogens is 248 g/mol. The summed E-state index contributed by atoms with van der Waals surface area (Å²) in [7, 11) is -3.68. The van der Waals surface area contributed by atoms with E-state index in [4.69, 9.17) is 10.2 Å². The number of hydrogen-bond acceptors (Lipinski definition) is 4. The first-order valence-electron chi connectivity index (χ1n) is 5.48. The SMILES string of the molecule is C[C@@H](O)CNS(=O)(=O)N1CCCC(C(=O)O)C1. The van der Waals surface area contributed by atoms with Gasteiger partial charge in [-0.1, -0.05) is 0 Å². The number of aliphatic carboxylic acids is 1. The Kier molecular flexibility index (Phi) is 4.87. The molecule has 1 unspecified atom stereocenters. The maximum atomic E-state index is 11.8. The lowest BCUT2D eigenvalue weighted by Gasteiger charge is -2.29. The van der Waals surface area contributed by atoms with Gasteiger partial charge in [-0.05, 0) is 19.8 Å². The Morgan fingerprint density at radius 1 is 1.59 bits per heavy atom. The van der Waals surface area contributed by atoms with Crippen LogP contribution in [0, 0.1) is 5.92 Å². The molecule has 1 saturated heterocycles. The maximum Gasteiger partial charge on any atom is 0.307 e. The molecule has 1 aliphatic heterocycles. The Balaban J connectivity index is 2.62. The summed E-state index contributed by atoms with van der Waals surface area (Å²) in [6.45, 7) is 1.71. The Bertz CT molecular complexity index is 368. The third kappa shape index (κ3) is 4.23. The monoisotopic (exact) mass is 266 g/mol. The predicted octanol–water partition coefficient (Wildman–Crippen LogP) is -1.00. The molecule has 3 N–H and O–H groups in total. The minimum atomic E-state index is -3.68. The normalized spacial score (nSPS) is 24.5. The first-order valence-corrected chi connectivity index (χ1v) is 6.92. The maximum absolute atomic E-state index is 11.8. The van der Waals surface area contributed by atoms with Crippen LogP contribution in [0.2, 0.25) is 0 Å². The fraction of sp³-hybridized carbons (Fsp3) is 0.889. The molecule has 0 aromatic carbocycles. The Morgan fingerprint density at radius 2 is 2.24 bits per heavy atom. The number of rotatable bonds is 5. The summed E-state index contributed by atoms with van der Waals surface area (Å²) in [5.74, 6) is -1.62. The summed E-state index contributed by atoms with van der Waals surface area (Å²) >= 11 is 0. The van der Waals surface area contributed by atoms with Crippen molar-refractivity contribution in [2.45, 2.75) is 25.9 Å². The molecule has 0 spiro atoms. The van der Waals surface area contributed by atoms with E-state index in [1.165, 1.54) is 6.92 Å². The summed E-state index contributed by atoms with van der Waals surface area (Å²) in [6.07, 6.45) is 0.259. The first-order chi connectivity index (χ1) is 7.83. The smallest absolute Gasteiger partial charge is 0.307 e. The molecule has 0 aromatic rings. The average Bonchev–Trinajstić information content (AvgIpc) is 2.27. The van der Waals surface area contributed by atoms with Crippen molar-refractivity contribution in [1.29, 1.82) is 0 Å². The lowest BCUT2D eigenvalue weighted by atomic mass is 10.0. The highest BCUT2D eigenvalue weighted by molar-refractivity contribution is 7.87. The fourth-order valence-corrected chi connectivity index (χ4v) is 3.06. The quantitative estimate of drug-likeness (QED) is 0.591. The summed E-state index contributed by atoms with van der Waals surface area (Å²) in [5.41, 5.74) is 0. The zero-order chi connectivity index (χ0) is 13.1. The summed E-state index contributed by atoms with van der Waals surface area (Å²) in [6, 6.07) is 0. The molecule has 0 saturated carbocycles. The fourth-order valence-electron chi connectivity index (χ4n) is 1.68. The van der Waals surface area contributed by atoms with E-state index in [-0.39, 0.29) is 13.1 Å². The molecule has 0 amide bonds. The van der Waals surface area contributed by atoms with Gasteiger partial charge in [0.1, 0.15) is 0 Å². The van der Waals surface area contributed by atoms with Crippen LogP contribution in [0.5, 0.6) is 0 Å². The van der Waals surface area contributed by atoms with Crippen molar-refractivity contribution in [3.8, 4) is 0 Å². The lowest BCUT2D eigenvalue weighted by Crippen LogP contribution is -2.48. The lowest BCUT2D eigenvalue weighted by molar-refractivity contribution is -0.142. The highest BCUT2D eigenvalue weighted by atomic mass is 32.2. The summed E-state index contributed by atoms with van der Waals surface area (Å²) in [4.78, 5) is 10.8. The zero-order valence-corrected chi connectivity index (χ0v) is 10.5. The number of carboxylic acids is 1. The van der Waals surface area contributed by atoms with Crippen molar-refractivity contribution in [3.63, 3.8) is 0 Å². The average molecular weight is 266 g/mol. The van der Waals surface area contributed by atoms with Crippen molar-refractivity contribution in [1.82, 2.24) is 9.03 Å². The van der Waals surface area contributed by atoms with E-state index in [9.17, 15) is 13.2 Å².